The maximum atomic E-state index is 11.1. The lowest BCUT2D eigenvalue weighted by Crippen LogP contribution is -2.33. The Morgan fingerprint density at radius 1 is 1.37 bits per heavy atom. The third kappa shape index (κ3) is 3.83. The van der Waals surface area contributed by atoms with Crippen LogP contribution in [0.25, 0.3) is 11.5 Å². The molecule has 0 bridgehead atoms. The molecule has 2 aromatic rings. The first-order valence-electron chi connectivity index (χ1n) is 5.65. The molecule has 0 unspecified atom stereocenters. The second-order valence-electron chi connectivity index (χ2n) is 3.85. The van der Waals surface area contributed by atoms with Gasteiger partial charge in [0.2, 0.25) is 12.3 Å². The smallest absolute Gasteiger partial charge is 0.267 e. The molecule has 8 heteroatoms. The Labute approximate surface area is 111 Å². The number of nitrogens with zero attached hydrogens (tertiary/aromatic N) is 3. The van der Waals surface area contributed by atoms with Crippen LogP contribution in [0, 0.1) is 0 Å². The van der Waals surface area contributed by atoms with Gasteiger partial charge in [0.1, 0.15) is 6.54 Å². The van der Waals surface area contributed by atoms with E-state index in [4.69, 9.17) is 4.42 Å². The lowest BCUT2D eigenvalue weighted by Gasteiger charge is -1.99. The van der Waals surface area contributed by atoms with Crippen molar-refractivity contribution in [1.29, 1.82) is 0 Å². The Morgan fingerprint density at radius 3 is 2.68 bits per heavy atom. The molecule has 0 aliphatic heterocycles. The van der Waals surface area contributed by atoms with Crippen molar-refractivity contribution in [2.24, 2.45) is 0 Å². The van der Waals surface area contributed by atoms with Crippen molar-refractivity contribution in [2.75, 3.05) is 12.9 Å². The summed E-state index contributed by atoms with van der Waals surface area (Å²) in [4.78, 5) is 0. The zero-order chi connectivity index (χ0) is 13.7. The van der Waals surface area contributed by atoms with Gasteiger partial charge in [0.05, 0.1) is 18.4 Å². The molecule has 0 aliphatic carbocycles. The van der Waals surface area contributed by atoms with E-state index in [0.29, 0.717) is 18.9 Å². The van der Waals surface area contributed by atoms with Gasteiger partial charge < -0.3 is 4.42 Å². The first-order valence-corrected chi connectivity index (χ1v) is 7.22. The van der Waals surface area contributed by atoms with Crippen LogP contribution < -0.4 is 4.57 Å². The molecule has 0 aromatic carbocycles. The maximum absolute atomic E-state index is 11.1. The zero-order valence-corrected chi connectivity index (χ0v) is 11.2. The molecule has 0 saturated carbocycles. The van der Waals surface area contributed by atoms with Crippen molar-refractivity contribution in [3.63, 3.8) is 0 Å². The van der Waals surface area contributed by atoms with Gasteiger partial charge in [0.25, 0.3) is 10.1 Å². The van der Waals surface area contributed by atoms with E-state index in [0.717, 1.165) is 5.56 Å². The van der Waals surface area contributed by atoms with Gasteiger partial charge in [-0.2, -0.15) is 8.42 Å². The van der Waals surface area contributed by atoms with E-state index in [2.05, 4.69) is 14.4 Å². The molecule has 102 valence electrons. The fraction of sp³-hybridized carbons (Fsp3) is 0.364. The highest BCUT2D eigenvalue weighted by Crippen LogP contribution is 2.12. The average molecular weight is 284 g/mol. The molecule has 0 aliphatic rings. The molecule has 0 spiro atoms. The van der Waals surface area contributed by atoms with Crippen molar-refractivity contribution in [2.45, 2.75) is 13.0 Å². The summed E-state index contributed by atoms with van der Waals surface area (Å²) in [6, 6.07) is 3.66. The van der Waals surface area contributed by atoms with E-state index in [9.17, 15) is 8.42 Å². The molecule has 0 amide bonds. The summed E-state index contributed by atoms with van der Waals surface area (Å²) in [6.45, 7) is 0.590. The molecule has 7 nitrogen and oxygen atoms in total. The van der Waals surface area contributed by atoms with Gasteiger partial charge >= 0.3 is 0 Å². The molecule has 19 heavy (non-hydrogen) atoms. The van der Waals surface area contributed by atoms with Gasteiger partial charge in [-0.3, -0.25) is 4.18 Å². The minimum absolute atomic E-state index is 0.00190. The van der Waals surface area contributed by atoms with Crippen LogP contribution in [0.3, 0.4) is 0 Å². The summed E-state index contributed by atoms with van der Waals surface area (Å²) >= 11 is 0. The van der Waals surface area contributed by atoms with Gasteiger partial charge in [-0.05, 0) is 0 Å². The Hall–Kier alpha value is -1.80. The topological polar surface area (TPSA) is 86.2 Å². The van der Waals surface area contributed by atoms with Gasteiger partial charge in [-0.15, -0.1) is 10.2 Å². The Balaban J connectivity index is 1.93. The van der Waals surface area contributed by atoms with Crippen molar-refractivity contribution < 1.29 is 21.6 Å². The quantitative estimate of drug-likeness (QED) is 0.563. The second kappa shape index (κ2) is 5.89. The van der Waals surface area contributed by atoms with Crippen molar-refractivity contribution in [1.82, 2.24) is 10.2 Å². The summed E-state index contributed by atoms with van der Waals surface area (Å²) in [5.41, 5.74) is 0.818. The van der Waals surface area contributed by atoms with Crippen molar-refractivity contribution >= 4 is 10.1 Å². The van der Waals surface area contributed by atoms with Crippen LogP contribution in [0.2, 0.25) is 0 Å². The lowest BCUT2D eigenvalue weighted by atomic mass is 10.2. The number of hydrogen-bond acceptors (Lipinski definition) is 6. The highest BCUT2D eigenvalue weighted by Gasteiger charge is 2.11. The number of aromatic nitrogens is 3. The average Bonchev–Trinajstić information content (AvgIpc) is 2.93. The summed E-state index contributed by atoms with van der Waals surface area (Å²) in [5.74, 6) is 0.455. The van der Waals surface area contributed by atoms with Crippen LogP contribution in [-0.4, -0.2) is 31.5 Å². The maximum Gasteiger partial charge on any atom is 0.267 e. The highest BCUT2D eigenvalue weighted by molar-refractivity contribution is 7.86. The van der Waals surface area contributed by atoms with E-state index in [1.54, 1.807) is 0 Å². The molecule has 0 fully saturated rings. The van der Waals surface area contributed by atoms with Gasteiger partial charge in [-0.25, -0.2) is 4.57 Å². The molecule has 0 atom stereocenters. The number of pyridine rings is 1. The van der Waals surface area contributed by atoms with Crippen molar-refractivity contribution in [3.05, 3.63) is 30.9 Å². The molecule has 2 aromatic heterocycles. The summed E-state index contributed by atoms with van der Waals surface area (Å²) in [6.07, 6.45) is 5.42. The van der Waals surface area contributed by atoms with E-state index in [1.807, 2.05) is 29.1 Å². The third-order valence-corrected chi connectivity index (χ3v) is 3.86. The number of aryl methyl sites for hydroxylation is 1. The second-order valence-corrected chi connectivity index (χ2v) is 5.71. The predicted molar refractivity (Wildman–Crippen MR) is 65.3 cm³/mol. The summed E-state index contributed by atoms with van der Waals surface area (Å²) in [5, 5.41) is 7.40. The van der Waals surface area contributed by atoms with Crippen LogP contribution in [-0.2, 0) is 20.8 Å². The van der Waals surface area contributed by atoms with Crippen LogP contribution in [0.5, 0.6) is 0 Å². The standard InChI is InChI=1S/C11H14N3O4S/c1-17-19(15,16)8-2-5-14-6-3-10(4-7-14)11-13-12-9-18-11/h3-4,6-7,9H,2,5,8H2,1H3/q+1. The van der Waals surface area contributed by atoms with Gasteiger partial charge in [-0.1, -0.05) is 0 Å². The summed E-state index contributed by atoms with van der Waals surface area (Å²) < 4.78 is 33.6. The Bertz CT molecular complexity index is 608. The lowest BCUT2D eigenvalue weighted by molar-refractivity contribution is -0.696. The monoisotopic (exact) mass is 284 g/mol. The Kier molecular flexibility index (Phi) is 4.23. The van der Waals surface area contributed by atoms with Crippen molar-refractivity contribution in [3.8, 4) is 11.5 Å². The molecule has 0 saturated heterocycles. The third-order valence-electron chi connectivity index (χ3n) is 2.56. The number of hydrogen-bond donors (Lipinski definition) is 0. The SMILES string of the molecule is COS(=O)(=O)CCC[n+]1ccc(-c2nnco2)cc1. The molecular weight excluding hydrogens is 270 g/mol. The normalized spacial score (nSPS) is 11.6. The zero-order valence-electron chi connectivity index (χ0n) is 10.4. The van der Waals surface area contributed by atoms with E-state index >= 15 is 0 Å². The largest absolute Gasteiger partial charge is 0.423 e. The van der Waals surface area contributed by atoms with Crippen LogP contribution in [0.15, 0.2) is 35.3 Å². The fourth-order valence-corrected chi connectivity index (χ4v) is 2.20. The van der Waals surface area contributed by atoms with Crippen LogP contribution >= 0.6 is 0 Å². The van der Waals surface area contributed by atoms with Gasteiger partial charge in [0, 0.05) is 18.6 Å². The van der Waals surface area contributed by atoms with Crippen LogP contribution in [0.1, 0.15) is 6.42 Å². The number of rotatable bonds is 6. The first-order chi connectivity index (χ1) is 9.11. The highest BCUT2D eigenvalue weighted by atomic mass is 32.2. The Morgan fingerprint density at radius 2 is 2.11 bits per heavy atom. The minimum Gasteiger partial charge on any atom is -0.423 e. The molecular formula is C11H14N3O4S+. The van der Waals surface area contributed by atoms with Gasteiger partial charge in [0.15, 0.2) is 12.4 Å². The fourth-order valence-electron chi connectivity index (χ4n) is 1.56. The molecule has 0 radical (unpaired) electrons. The van der Waals surface area contributed by atoms with Crippen LogP contribution in [0.4, 0.5) is 0 Å². The first kappa shape index (κ1) is 13.6. The summed E-state index contributed by atoms with van der Waals surface area (Å²) in [7, 11) is -2.21. The van der Waals surface area contributed by atoms with E-state index in [1.165, 1.54) is 13.5 Å². The molecule has 2 heterocycles. The molecule has 0 N–H and O–H groups in total. The predicted octanol–water partition coefficient (Wildman–Crippen LogP) is 0.390. The molecule has 2 rings (SSSR count). The minimum atomic E-state index is -3.38. The van der Waals surface area contributed by atoms with E-state index in [-0.39, 0.29) is 5.75 Å². The van der Waals surface area contributed by atoms with E-state index < -0.39 is 10.1 Å².